The van der Waals surface area contributed by atoms with E-state index in [1.165, 1.54) is 18.4 Å². The minimum Gasteiger partial charge on any atom is -0.492 e. The molecular formula is C24H33N5O. The van der Waals surface area contributed by atoms with Crippen molar-refractivity contribution in [2.24, 2.45) is 5.92 Å². The third kappa shape index (κ3) is 4.82. The third-order valence-corrected chi connectivity index (χ3v) is 5.61. The minimum atomic E-state index is 0.244. The van der Waals surface area contributed by atoms with Gasteiger partial charge >= 0.3 is 0 Å². The largest absolute Gasteiger partial charge is 0.492 e. The number of nitrogens with one attached hydrogen (secondary N) is 1. The number of rotatable bonds is 10. The van der Waals surface area contributed by atoms with Crippen molar-refractivity contribution < 1.29 is 4.74 Å². The number of benzene rings is 1. The van der Waals surface area contributed by atoms with Crippen LogP contribution in [0.3, 0.4) is 0 Å². The molecule has 6 heteroatoms. The first-order valence-electron chi connectivity index (χ1n) is 11.0. The Morgan fingerprint density at radius 2 is 2.10 bits per heavy atom. The summed E-state index contributed by atoms with van der Waals surface area (Å²) < 4.78 is 8.21. The van der Waals surface area contributed by atoms with Crippen molar-refractivity contribution in [1.82, 2.24) is 25.0 Å². The number of ether oxygens (including phenoxy) is 1. The highest BCUT2D eigenvalue weighted by atomic mass is 16.5. The molecular weight excluding hydrogens is 374 g/mol. The summed E-state index contributed by atoms with van der Waals surface area (Å²) in [6, 6.07) is 11.0. The molecule has 4 rings (SSSR count). The summed E-state index contributed by atoms with van der Waals surface area (Å²) in [7, 11) is 4.14. The van der Waals surface area contributed by atoms with Gasteiger partial charge in [-0.25, -0.2) is 9.67 Å². The predicted molar refractivity (Wildman–Crippen MR) is 122 cm³/mol. The van der Waals surface area contributed by atoms with E-state index in [0.717, 1.165) is 54.3 Å². The standard InChI is InChI=1S/C24H33N5O/c1-17(2)29-24-21(14-26-29)23(30-16-18-8-9-18)13-22(27-24)20-7-5-6-19(12-20)15-28(4)11-10-25-3/h5-7,12-14,17-18,25H,8-11,15-16H2,1-4H3. The van der Waals surface area contributed by atoms with Gasteiger partial charge in [0, 0.05) is 37.3 Å². The van der Waals surface area contributed by atoms with Gasteiger partial charge in [-0.2, -0.15) is 5.10 Å². The van der Waals surface area contributed by atoms with Crippen molar-refractivity contribution in [2.45, 2.75) is 39.3 Å². The van der Waals surface area contributed by atoms with Gasteiger partial charge in [-0.05, 0) is 58.3 Å². The number of pyridine rings is 1. The Bertz CT molecular complexity index is 992. The quantitative estimate of drug-likeness (QED) is 0.548. The Kier molecular flexibility index (Phi) is 6.35. The van der Waals surface area contributed by atoms with Crippen LogP contribution in [0.5, 0.6) is 5.75 Å². The zero-order valence-electron chi connectivity index (χ0n) is 18.6. The highest BCUT2D eigenvalue weighted by Gasteiger charge is 2.23. The SMILES string of the molecule is CNCCN(C)Cc1cccc(-c2cc(OCC3CC3)c3cnn(C(C)C)c3n2)c1. The van der Waals surface area contributed by atoms with E-state index in [9.17, 15) is 0 Å². The number of hydrogen-bond donors (Lipinski definition) is 1. The zero-order chi connectivity index (χ0) is 21.1. The molecule has 2 aromatic heterocycles. The van der Waals surface area contributed by atoms with Crippen molar-refractivity contribution in [2.75, 3.05) is 33.8 Å². The Morgan fingerprint density at radius 1 is 1.27 bits per heavy atom. The van der Waals surface area contributed by atoms with Crippen LogP contribution in [-0.2, 0) is 6.54 Å². The molecule has 3 aromatic rings. The van der Waals surface area contributed by atoms with Gasteiger partial charge in [-0.15, -0.1) is 0 Å². The van der Waals surface area contributed by atoms with Gasteiger partial charge in [0.15, 0.2) is 5.65 Å². The third-order valence-electron chi connectivity index (χ3n) is 5.61. The summed E-state index contributed by atoms with van der Waals surface area (Å²) in [4.78, 5) is 7.32. The van der Waals surface area contributed by atoms with E-state index in [2.05, 4.69) is 66.5 Å². The monoisotopic (exact) mass is 407 g/mol. The van der Waals surface area contributed by atoms with Crippen molar-refractivity contribution in [1.29, 1.82) is 0 Å². The maximum absolute atomic E-state index is 6.23. The van der Waals surface area contributed by atoms with Crippen LogP contribution in [0, 0.1) is 5.92 Å². The van der Waals surface area contributed by atoms with E-state index < -0.39 is 0 Å². The molecule has 1 aliphatic carbocycles. The van der Waals surface area contributed by atoms with E-state index in [-0.39, 0.29) is 6.04 Å². The molecule has 0 radical (unpaired) electrons. The number of likely N-dealkylation sites (N-methyl/N-ethyl adjacent to an activating group) is 2. The zero-order valence-corrected chi connectivity index (χ0v) is 18.6. The van der Waals surface area contributed by atoms with Crippen molar-refractivity contribution in [3.8, 4) is 17.0 Å². The summed E-state index contributed by atoms with van der Waals surface area (Å²) in [6.07, 6.45) is 4.44. The molecule has 1 aromatic carbocycles. The van der Waals surface area contributed by atoms with E-state index in [1.54, 1.807) is 0 Å². The maximum atomic E-state index is 6.23. The van der Waals surface area contributed by atoms with Gasteiger partial charge in [0.05, 0.1) is 23.9 Å². The molecule has 0 bridgehead atoms. The van der Waals surface area contributed by atoms with Gasteiger partial charge in [-0.1, -0.05) is 18.2 Å². The molecule has 0 spiro atoms. The maximum Gasteiger partial charge on any atom is 0.162 e. The number of nitrogens with zero attached hydrogens (tertiary/aromatic N) is 4. The molecule has 2 heterocycles. The lowest BCUT2D eigenvalue weighted by Gasteiger charge is -2.17. The van der Waals surface area contributed by atoms with Gasteiger partial charge in [0.2, 0.25) is 0 Å². The van der Waals surface area contributed by atoms with Crippen molar-refractivity contribution >= 4 is 11.0 Å². The Morgan fingerprint density at radius 3 is 2.83 bits per heavy atom. The minimum absolute atomic E-state index is 0.244. The molecule has 1 saturated carbocycles. The summed E-state index contributed by atoms with van der Waals surface area (Å²) >= 11 is 0. The van der Waals surface area contributed by atoms with Crippen LogP contribution in [0.2, 0.25) is 0 Å². The molecule has 0 atom stereocenters. The summed E-state index contributed by atoms with van der Waals surface area (Å²) in [6.45, 7) is 7.95. The number of hydrogen-bond acceptors (Lipinski definition) is 5. The topological polar surface area (TPSA) is 55.2 Å². The highest BCUT2D eigenvalue weighted by Crippen LogP contribution is 2.34. The fourth-order valence-electron chi connectivity index (χ4n) is 3.65. The molecule has 1 fully saturated rings. The first kappa shape index (κ1) is 20.8. The molecule has 1 aliphatic rings. The number of aromatic nitrogens is 3. The molecule has 1 N–H and O–H groups in total. The van der Waals surface area contributed by atoms with E-state index in [1.807, 2.05) is 17.9 Å². The lowest BCUT2D eigenvalue weighted by molar-refractivity contribution is 0.303. The molecule has 6 nitrogen and oxygen atoms in total. The average molecular weight is 408 g/mol. The second kappa shape index (κ2) is 9.14. The van der Waals surface area contributed by atoms with Crippen LogP contribution in [0.4, 0.5) is 0 Å². The molecule has 160 valence electrons. The Hall–Kier alpha value is -2.44. The first-order chi connectivity index (χ1) is 14.5. The van der Waals surface area contributed by atoms with Crippen LogP contribution in [0.25, 0.3) is 22.3 Å². The van der Waals surface area contributed by atoms with Crippen LogP contribution in [0.1, 0.15) is 38.3 Å². The van der Waals surface area contributed by atoms with Crippen LogP contribution in [0.15, 0.2) is 36.5 Å². The van der Waals surface area contributed by atoms with Gasteiger partial charge in [0.1, 0.15) is 5.75 Å². The second-order valence-electron chi connectivity index (χ2n) is 8.72. The highest BCUT2D eigenvalue weighted by molar-refractivity contribution is 5.85. The van der Waals surface area contributed by atoms with Gasteiger partial charge < -0.3 is 15.0 Å². The lowest BCUT2D eigenvalue weighted by atomic mass is 10.1. The van der Waals surface area contributed by atoms with Gasteiger partial charge in [-0.3, -0.25) is 0 Å². The van der Waals surface area contributed by atoms with Crippen LogP contribution >= 0.6 is 0 Å². The van der Waals surface area contributed by atoms with E-state index in [4.69, 9.17) is 9.72 Å². The second-order valence-corrected chi connectivity index (χ2v) is 8.72. The van der Waals surface area contributed by atoms with E-state index >= 15 is 0 Å². The van der Waals surface area contributed by atoms with Crippen LogP contribution in [-0.4, -0.2) is 53.5 Å². The molecule has 0 saturated heterocycles. The Labute approximate surface area is 179 Å². The Balaban J connectivity index is 1.67. The van der Waals surface area contributed by atoms with Crippen LogP contribution < -0.4 is 10.1 Å². The fraction of sp³-hybridized carbons (Fsp3) is 0.500. The molecule has 0 unspecified atom stereocenters. The predicted octanol–water partition coefficient (Wildman–Crippen LogP) is 4.12. The molecule has 0 aliphatic heterocycles. The molecule has 30 heavy (non-hydrogen) atoms. The smallest absolute Gasteiger partial charge is 0.162 e. The fourth-order valence-corrected chi connectivity index (χ4v) is 3.65. The van der Waals surface area contributed by atoms with E-state index in [0.29, 0.717) is 5.92 Å². The first-order valence-corrected chi connectivity index (χ1v) is 11.0. The van der Waals surface area contributed by atoms with Gasteiger partial charge in [0.25, 0.3) is 0 Å². The average Bonchev–Trinajstić information content (AvgIpc) is 3.46. The van der Waals surface area contributed by atoms with Crippen molar-refractivity contribution in [3.63, 3.8) is 0 Å². The summed E-state index contributed by atoms with van der Waals surface area (Å²) in [5.74, 6) is 1.60. The summed E-state index contributed by atoms with van der Waals surface area (Å²) in [5, 5.41) is 8.78. The number of fused-ring (bicyclic) bond motifs is 1. The van der Waals surface area contributed by atoms with Crippen molar-refractivity contribution in [3.05, 3.63) is 42.1 Å². The lowest BCUT2D eigenvalue weighted by Crippen LogP contribution is -2.26. The molecule has 0 amide bonds. The normalized spacial score (nSPS) is 14.2. The summed E-state index contributed by atoms with van der Waals surface area (Å²) in [5.41, 5.74) is 4.23.